The van der Waals surface area contributed by atoms with Gasteiger partial charge >= 0.3 is 5.63 Å². The summed E-state index contributed by atoms with van der Waals surface area (Å²) in [5.74, 6) is 0. The molecule has 4 aromatic rings. The van der Waals surface area contributed by atoms with Crippen LogP contribution in [0, 0.1) is 0 Å². The molecule has 2 aromatic heterocycles. The Morgan fingerprint density at radius 2 is 2.04 bits per heavy atom. The first-order chi connectivity index (χ1) is 13.1. The van der Waals surface area contributed by atoms with Crippen LogP contribution >= 0.6 is 27.3 Å². The van der Waals surface area contributed by atoms with Crippen molar-refractivity contribution >= 4 is 49.1 Å². The third kappa shape index (κ3) is 3.84. The Bertz CT molecular complexity index is 1210. The molecule has 0 saturated heterocycles. The van der Waals surface area contributed by atoms with Crippen molar-refractivity contribution in [2.75, 3.05) is 5.43 Å². The number of nitrogens with zero attached hydrogens (tertiary/aromatic N) is 2. The molecule has 0 radical (unpaired) electrons. The van der Waals surface area contributed by atoms with E-state index in [0.717, 1.165) is 21.1 Å². The van der Waals surface area contributed by atoms with Crippen LogP contribution in [0.2, 0.25) is 0 Å². The first-order valence-corrected chi connectivity index (χ1v) is 9.82. The average Bonchev–Trinajstić information content (AvgIpc) is 3.14. The Morgan fingerprint density at radius 3 is 2.89 bits per heavy atom. The summed E-state index contributed by atoms with van der Waals surface area (Å²) in [4.78, 5) is 16.7. The van der Waals surface area contributed by atoms with Crippen LogP contribution < -0.4 is 11.1 Å². The maximum absolute atomic E-state index is 12.3. The zero-order chi connectivity index (χ0) is 18.8. The van der Waals surface area contributed by atoms with Gasteiger partial charge in [-0.15, -0.1) is 11.3 Å². The molecule has 1 N–H and O–H groups in total. The molecule has 7 heteroatoms. The number of rotatable bonds is 4. The molecule has 0 atom stereocenters. The Hall–Kier alpha value is -2.77. The number of halogens is 1. The normalized spacial score (nSPS) is 11.7. The van der Waals surface area contributed by atoms with Crippen LogP contribution in [0.25, 0.3) is 22.2 Å². The summed E-state index contributed by atoms with van der Waals surface area (Å²) >= 11 is 4.84. The molecule has 5 nitrogen and oxygen atoms in total. The highest BCUT2D eigenvalue weighted by atomic mass is 79.9. The van der Waals surface area contributed by atoms with Crippen LogP contribution in [-0.4, -0.2) is 10.7 Å². The zero-order valence-electron chi connectivity index (χ0n) is 14.3. The van der Waals surface area contributed by atoms with Gasteiger partial charge in [-0.2, -0.15) is 5.10 Å². The molecular formula is C20H14BrN3O2S. The average molecular weight is 440 g/mol. The number of nitrogens with one attached hydrogen (secondary N) is 1. The van der Waals surface area contributed by atoms with Gasteiger partial charge < -0.3 is 4.42 Å². The Kier molecular flexibility index (Phi) is 4.87. The second-order valence-electron chi connectivity index (χ2n) is 5.84. The maximum Gasteiger partial charge on any atom is 0.345 e. The van der Waals surface area contributed by atoms with Crippen molar-refractivity contribution in [2.24, 2.45) is 5.10 Å². The molecule has 0 bridgehead atoms. The van der Waals surface area contributed by atoms with E-state index in [9.17, 15) is 4.79 Å². The van der Waals surface area contributed by atoms with Crippen molar-refractivity contribution in [2.45, 2.75) is 6.92 Å². The summed E-state index contributed by atoms with van der Waals surface area (Å²) in [5.41, 5.74) is 5.96. The topological polar surface area (TPSA) is 67.5 Å². The Balaban J connectivity index is 1.60. The van der Waals surface area contributed by atoms with E-state index in [0.29, 0.717) is 22.0 Å². The van der Waals surface area contributed by atoms with Crippen LogP contribution in [0.4, 0.5) is 5.13 Å². The third-order valence-electron chi connectivity index (χ3n) is 3.98. The molecule has 0 spiro atoms. The second-order valence-corrected chi connectivity index (χ2v) is 7.62. The summed E-state index contributed by atoms with van der Waals surface area (Å²) in [6, 6.07) is 17.1. The van der Waals surface area contributed by atoms with E-state index in [1.54, 1.807) is 12.1 Å². The van der Waals surface area contributed by atoms with Crippen LogP contribution in [-0.2, 0) is 0 Å². The van der Waals surface area contributed by atoms with E-state index in [1.165, 1.54) is 11.3 Å². The fraction of sp³-hybridized carbons (Fsp3) is 0.0500. The van der Waals surface area contributed by atoms with E-state index < -0.39 is 5.63 Å². The van der Waals surface area contributed by atoms with Gasteiger partial charge in [-0.1, -0.05) is 46.3 Å². The number of hydrazone groups is 1. The highest BCUT2D eigenvalue weighted by molar-refractivity contribution is 9.10. The molecule has 0 aliphatic carbocycles. The lowest BCUT2D eigenvalue weighted by Gasteiger charge is -2.02. The standard InChI is InChI=1S/C20H14BrN3O2S/c1-12(13-6-4-7-15(21)9-13)23-24-20-22-17(11-27-20)16-10-14-5-2-3-8-18(14)26-19(16)25/h2-11H,1H3,(H,22,24)/b23-12+. The van der Waals surface area contributed by atoms with Crippen molar-refractivity contribution < 1.29 is 4.42 Å². The van der Waals surface area contributed by atoms with Gasteiger partial charge in [-0.25, -0.2) is 9.78 Å². The van der Waals surface area contributed by atoms with Gasteiger partial charge in [0.2, 0.25) is 5.13 Å². The van der Waals surface area contributed by atoms with Gasteiger partial charge in [-0.05, 0) is 36.8 Å². The SMILES string of the molecule is C/C(=N\Nc1nc(-c2cc3ccccc3oc2=O)cs1)c1cccc(Br)c1. The Morgan fingerprint density at radius 1 is 1.19 bits per heavy atom. The lowest BCUT2D eigenvalue weighted by Crippen LogP contribution is -2.03. The molecule has 0 aliphatic heterocycles. The van der Waals surface area contributed by atoms with E-state index in [1.807, 2.05) is 54.8 Å². The second kappa shape index (κ2) is 7.46. The van der Waals surface area contributed by atoms with Gasteiger partial charge in [0.1, 0.15) is 5.58 Å². The summed E-state index contributed by atoms with van der Waals surface area (Å²) in [7, 11) is 0. The van der Waals surface area contributed by atoms with Gasteiger partial charge in [0.25, 0.3) is 0 Å². The maximum atomic E-state index is 12.3. The van der Waals surface area contributed by atoms with Crippen molar-refractivity contribution in [1.82, 2.24) is 4.98 Å². The highest BCUT2D eigenvalue weighted by Crippen LogP contribution is 2.25. The molecule has 27 heavy (non-hydrogen) atoms. The lowest BCUT2D eigenvalue weighted by molar-refractivity contribution is 0.563. The molecule has 0 saturated carbocycles. The number of aromatic nitrogens is 1. The highest BCUT2D eigenvalue weighted by Gasteiger charge is 2.11. The van der Waals surface area contributed by atoms with E-state index in [-0.39, 0.29) is 0 Å². The van der Waals surface area contributed by atoms with Gasteiger partial charge in [0.15, 0.2) is 0 Å². The number of anilines is 1. The van der Waals surface area contributed by atoms with E-state index in [2.05, 4.69) is 31.4 Å². The summed E-state index contributed by atoms with van der Waals surface area (Å²) in [5, 5.41) is 7.65. The molecular weight excluding hydrogens is 426 g/mol. The number of para-hydroxylation sites is 1. The first-order valence-electron chi connectivity index (χ1n) is 8.15. The fourth-order valence-corrected chi connectivity index (χ4v) is 3.65. The van der Waals surface area contributed by atoms with Crippen LogP contribution in [0.15, 0.2) is 78.8 Å². The van der Waals surface area contributed by atoms with Crippen molar-refractivity contribution in [3.05, 3.63) is 80.4 Å². The molecule has 2 aromatic carbocycles. The predicted octanol–water partition coefficient (Wildman–Crippen LogP) is 5.52. The lowest BCUT2D eigenvalue weighted by atomic mass is 10.1. The third-order valence-corrected chi connectivity index (χ3v) is 5.22. The zero-order valence-corrected chi connectivity index (χ0v) is 16.7. The summed E-state index contributed by atoms with van der Waals surface area (Å²) < 4.78 is 6.37. The minimum absolute atomic E-state index is 0.403. The molecule has 2 heterocycles. The van der Waals surface area contributed by atoms with Crippen molar-refractivity contribution in [1.29, 1.82) is 0 Å². The van der Waals surface area contributed by atoms with Gasteiger partial charge in [0.05, 0.1) is 17.0 Å². The van der Waals surface area contributed by atoms with Gasteiger partial charge in [0, 0.05) is 15.2 Å². The number of benzene rings is 2. The van der Waals surface area contributed by atoms with Crippen LogP contribution in [0.3, 0.4) is 0 Å². The number of fused-ring (bicyclic) bond motifs is 1. The minimum Gasteiger partial charge on any atom is -0.422 e. The molecule has 0 unspecified atom stereocenters. The van der Waals surface area contributed by atoms with E-state index >= 15 is 0 Å². The van der Waals surface area contributed by atoms with Gasteiger partial charge in [-0.3, -0.25) is 5.43 Å². The van der Waals surface area contributed by atoms with Crippen molar-refractivity contribution in [3.8, 4) is 11.3 Å². The molecule has 0 fully saturated rings. The first kappa shape index (κ1) is 17.6. The fourth-order valence-electron chi connectivity index (χ4n) is 2.60. The smallest absolute Gasteiger partial charge is 0.345 e. The monoisotopic (exact) mass is 439 g/mol. The number of hydrogen-bond acceptors (Lipinski definition) is 6. The number of thiazole rings is 1. The summed E-state index contributed by atoms with van der Waals surface area (Å²) in [6.45, 7) is 1.92. The molecule has 134 valence electrons. The quantitative estimate of drug-likeness (QED) is 0.258. The number of hydrogen-bond donors (Lipinski definition) is 1. The Labute approximate surface area is 167 Å². The predicted molar refractivity (Wildman–Crippen MR) is 114 cm³/mol. The molecule has 0 amide bonds. The summed E-state index contributed by atoms with van der Waals surface area (Å²) in [6.07, 6.45) is 0. The largest absolute Gasteiger partial charge is 0.422 e. The molecule has 4 rings (SSSR count). The van der Waals surface area contributed by atoms with Crippen molar-refractivity contribution in [3.63, 3.8) is 0 Å². The van der Waals surface area contributed by atoms with Crippen LogP contribution in [0.1, 0.15) is 12.5 Å². The van der Waals surface area contributed by atoms with Crippen LogP contribution in [0.5, 0.6) is 0 Å². The van der Waals surface area contributed by atoms with E-state index in [4.69, 9.17) is 4.42 Å². The molecule has 0 aliphatic rings. The minimum atomic E-state index is -0.403.